The van der Waals surface area contributed by atoms with E-state index in [2.05, 4.69) is 18.7 Å². The van der Waals surface area contributed by atoms with Crippen molar-refractivity contribution >= 4 is 15.8 Å². The van der Waals surface area contributed by atoms with Crippen LogP contribution in [0, 0.1) is 5.92 Å². The number of ether oxygens (including phenoxy) is 2. The molecule has 202 valence electrons. The maximum absolute atomic E-state index is 13.5. The minimum absolute atomic E-state index is 0.0581. The first-order valence-corrected chi connectivity index (χ1v) is 13.0. The molecule has 36 heavy (non-hydrogen) atoms. The second-order valence-corrected chi connectivity index (χ2v) is 10.2. The van der Waals surface area contributed by atoms with Crippen LogP contribution in [0.15, 0.2) is 53.4 Å². The Labute approximate surface area is 212 Å². The van der Waals surface area contributed by atoms with E-state index < -0.39 is 27.1 Å². The Kier molecular flexibility index (Phi) is 14.0. The predicted molar refractivity (Wildman–Crippen MR) is 134 cm³/mol. The number of carboxylic acids is 1. The number of hydrogen-bond acceptors (Lipinski definition) is 10. The smallest absolute Gasteiger partial charge is 0.306 e. The van der Waals surface area contributed by atoms with Gasteiger partial charge in [0.15, 0.2) is 9.84 Å². The van der Waals surface area contributed by atoms with Crippen molar-refractivity contribution in [1.29, 1.82) is 0 Å². The number of piperidine rings is 1. The average molecular weight is 528 g/mol. The highest BCUT2D eigenvalue weighted by atomic mass is 32.2. The summed E-state index contributed by atoms with van der Waals surface area (Å²) in [5, 5.41) is 21.6. The first-order chi connectivity index (χ1) is 17.3. The van der Waals surface area contributed by atoms with Crippen LogP contribution in [-0.2, 0) is 21.2 Å². The quantitative estimate of drug-likeness (QED) is 0.226. The Morgan fingerprint density at radius 3 is 2.14 bits per heavy atom. The molecule has 2 aromatic carbocycles. The number of likely N-dealkylation sites (tertiary alicyclic amines) is 1. The van der Waals surface area contributed by atoms with Crippen LogP contribution in [0.2, 0.25) is 0 Å². The number of nitrogens with two attached hydrogens (primary N) is 2. The molecular weight excluding hydrogens is 490 g/mol. The lowest BCUT2D eigenvalue weighted by Gasteiger charge is -2.37. The molecule has 1 heterocycles. The highest BCUT2D eigenvalue weighted by molar-refractivity contribution is 7.92. The Balaban J connectivity index is 0.00000154. The van der Waals surface area contributed by atoms with E-state index in [4.69, 9.17) is 19.9 Å². The van der Waals surface area contributed by atoms with Crippen LogP contribution in [0.4, 0.5) is 0 Å². The van der Waals surface area contributed by atoms with Crippen LogP contribution in [0.25, 0.3) is 0 Å². The van der Waals surface area contributed by atoms with Crippen molar-refractivity contribution in [3.63, 3.8) is 0 Å². The molecule has 0 bridgehead atoms. The molecule has 0 aromatic heterocycles. The molecule has 1 fully saturated rings. The van der Waals surface area contributed by atoms with Gasteiger partial charge < -0.3 is 25.0 Å². The van der Waals surface area contributed by atoms with E-state index in [0.717, 1.165) is 24.2 Å². The van der Waals surface area contributed by atoms with Gasteiger partial charge in [-0.15, -0.1) is 0 Å². The zero-order valence-corrected chi connectivity index (χ0v) is 21.4. The van der Waals surface area contributed by atoms with Crippen molar-refractivity contribution in [3.05, 3.63) is 54.1 Å². The third kappa shape index (κ3) is 8.73. The lowest BCUT2D eigenvalue weighted by molar-refractivity contribution is -0.143. The van der Waals surface area contributed by atoms with Crippen molar-refractivity contribution in [2.24, 2.45) is 17.7 Å². The zero-order chi connectivity index (χ0) is 27.1. The van der Waals surface area contributed by atoms with E-state index in [0.29, 0.717) is 31.9 Å². The van der Waals surface area contributed by atoms with Gasteiger partial charge in [-0.1, -0.05) is 25.5 Å². The highest BCUT2D eigenvalue weighted by Gasteiger charge is 2.40. The third-order valence-electron chi connectivity index (χ3n) is 5.83. The van der Waals surface area contributed by atoms with E-state index >= 15 is 0 Å². The summed E-state index contributed by atoms with van der Waals surface area (Å²) < 4.78 is 37.9. The molecular formula is C24H37N3O8S. The Bertz CT molecular complexity index is 1000. The predicted octanol–water partition coefficient (Wildman–Crippen LogP) is 2.64. The van der Waals surface area contributed by atoms with Crippen molar-refractivity contribution in [2.75, 3.05) is 20.3 Å². The fourth-order valence-corrected chi connectivity index (χ4v) is 5.77. The number of unbranched alkanes of at least 4 members (excludes halogenated alkanes) is 1. The van der Waals surface area contributed by atoms with Crippen LogP contribution in [0.3, 0.4) is 0 Å². The van der Waals surface area contributed by atoms with Gasteiger partial charge >= 0.3 is 5.97 Å². The van der Waals surface area contributed by atoms with Crippen LogP contribution in [0.1, 0.15) is 38.2 Å². The summed E-state index contributed by atoms with van der Waals surface area (Å²) in [6.07, 6.45) is 2.42. The number of aliphatic carboxylic acids is 1. The van der Waals surface area contributed by atoms with Gasteiger partial charge in [0.2, 0.25) is 0 Å². The Hall–Kier alpha value is -2.74. The number of methoxy groups -OCH3 is 1. The summed E-state index contributed by atoms with van der Waals surface area (Å²) in [4.78, 5) is 13.7. The summed E-state index contributed by atoms with van der Waals surface area (Å²) in [5.41, 5.74) is 0.944. The molecule has 1 aliphatic rings. The molecule has 2 atom stereocenters. The lowest BCUT2D eigenvalue weighted by Crippen LogP contribution is -2.47. The molecule has 1 aliphatic heterocycles. The van der Waals surface area contributed by atoms with Gasteiger partial charge in [0.1, 0.15) is 16.9 Å². The van der Waals surface area contributed by atoms with E-state index in [1.807, 2.05) is 29.2 Å². The summed E-state index contributed by atoms with van der Waals surface area (Å²) >= 11 is 0. The number of benzene rings is 2. The monoisotopic (exact) mass is 527 g/mol. The average Bonchev–Trinajstić information content (AvgIpc) is 2.92. The Morgan fingerprint density at radius 1 is 1.03 bits per heavy atom. The normalized spacial score (nSPS) is 17.6. The van der Waals surface area contributed by atoms with Gasteiger partial charge in [-0.2, -0.15) is 0 Å². The van der Waals surface area contributed by atoms with E-state index in [9.17, 15) is 18.3 Å². The van der Waals surface area contributed by atoms with Gasteiger partial charge in [0.25, 0.3) is 0 Å². The van der Waals surface area contributed by atoms with Crippen LogP contribution in [-0.4, -0.2) is 60.4 Å². The molecule has 12 heteroatoms. The molecule has 2 aromatic rings. The van der Waals surface area contributed by atoms with Gasteiger partial charge in [0.05, 0.1) is 24.5 Å². The molecule has 0 radical (unpaired) electrons. The number of sulfone groups is 1. The molecule has 11 nitrogen and oxygen atoms in total. The van der Waals surface area contributed by atoms with E-state index in [1.54, 1.807) is 31.4 Å². The largest absolute Gasteiger partial charge is 0.497 e. The fraction of sp³-hybridized carbons (Fsp3) is 0.458. The van der Waals surface area contributed by atoms with Gasteiger partial charge in [-0.25, -0.2) is 20.2 Å². The topological polar surface area (TPSA) is 186 Å². The standard InChI is InChI=1S/C24H31NO6S.2H3NO/c1-3-4-15-31-21-9-11-22(12-10-21)32(28,29)23-16-19(24(26)27)13-14-25(23)17-18-5-7-20(30-2)8-6-18;2*1-2/h5-12,19,23H,3-4,13-17H2,1-2H3,(H,26,27);2*2H,1H2. The second-order valence-electron chi connectivity index (χ2n) is 8.05. The number of carbonyl (C=O) groups is 1. The first kappa shape index (κ1) is 31.3. The maximum atomic E-state index is 13.5. The SMILES string of the molecule is CCCCOc1ccc(S(=O)(=O)C2CC(C(=O)O)CCN2Cc2ccc(OC)cc2)cc1.NO.NO. The minimum Gasteiger partial charge on any atom is -0.497 e. The highest BCUT2D eigenvalue weighted by Crippen LogP contribution is 2.32. The molecule has 0 aliphatic carbocycles. The third-order valence-corrected chi connectivity index (χ3v) is 7.97. The van der Waals surface area contributed by atoms with Gasteiger partial charge in [-0.3, -0.25) is 9.69 Å². The zero-order valence-electron chi connectivity index (χ0n) is 20.6. The van der Waals surface area contributed by atoms with Crippen molar-refractivity contribution in [3.8, 4) is 11.5 Å². The fourth-order valence-electron chi connectivity index (χ4n) is 3.89. The lowest BCUT2D eigenvalue weighted by atomic mass is 9.96. The maximum Gasteiger partial charge on any atom is 0.306 e. The molecule has 0 saturated carbocycles. The molecule has 3 rings (SSSR count). The summed E-state index contributed by atoms with van der Waals surface area (Å²) in [7, 11) is -2.18. The molecule has 1 saturated heterocycles. The number of carboxylic acid groups (broad SMARTS) is 1. The van der Waals surface area contributed by atoms with Crippen molar-refractivity contribution in [1.82, 2.24) is 4.90 Å². The number of hydrogen-bond donors (Lipinski definition) is 5. The van der Waals surface area contributed by atoms with Crippen LogP contribution >= 0.6 is 0 Å². The number of nitrogens with zero attached hydrogens (tertiary/aromatic N) is 1. The summed E-state index contributed by atoms with van der Waals surface area (Å²) in [6, 6.07) is 13.9. The molecule has 0 spiro atoms. The first-order valence-electron chi connectivity index (χ1n) is 11.4. The van der Waals surface area contributed by atoms with Crippen molar-refractivity contribution < 1.29 is 38.2 Å². The number of rotatable bonds is 10. The van der Waals surface area contributed by atoms with E-state index in [1.165, 1.54) is 0 Å². The van der Waals surface area contributed by atoms with Crippen LogP contribution in [0.5, 0.6) is 11.5 Å². The summed E-state index contributed by atoms with van der Waals surface area (Å²) in [6.45, 7) is 3.47. The Morgan fingerprint density at radius 2 is 1.61 bits per heavy atom. The van der Waals surface area contributed by atoms with Crippen molar-refractivity contribution in [2.45, 2.75) is 49.4 Å². The van der Waals surface area contributed by atoms with Gasteiger partial charge in [-0.05, 0) is 61.2 Å². The van der Waals surface area contributed by atoms with Crippen LogP contribution < -0.4 is 21.3 Å². The minimum atomic E-state index is -3.77. The second kappa shape index (κ2) is 16.1. The van der Waals surface area contributed by atoms with E-state index in [-0.39, 0.29) is 11.3 Å². The summed E-state index contributed by atoms with van der Waals surface area (Å²) in [5.74, 6) is 6.72. The van der Waals surface area contributed by atoms with Gasteiger partial charge in [0, 0.05) is 13.1 Å². The molecule has 2 unspecified atom stereocenters. The molecule has 0 amide bonds. The molecule has 7 N–H and O–H groups in total.